The van der Waals surface area contributed by atoms with Crippen LogP contribution in [-0.4, -0.2) is 37.5 Å². The number of methoxy groups -OCH3 is 1. The maximum Gasteiger partial charge on any atom is 0.337 e. The summed E-state index contributed by atoms with van der Waals surface area (Å²) in [6.45, 7) is 7.21. The van der Waals surface area contributed by atoms with E-state index in [-0.39, 0.29) is 11.1 Å². The van der Waals surface area contributed by atoms with E-state index in [1.165, 1.54) is 29.2 Å². The Bertz CT molecular complexity index is 2050. The predicted molar refractivity (Wildman–Crippen MR) is 186 cm³/mol. The normalized spacial score (nSPS) is 13.9. The van der Waals surface area contributed by atoms with Gasteiger partial charge < -0.3 is 23.7 Å². The Morgan fingerprint density at radius 2 is 1.68 bits per heavy atom. The molecule has 4 aromatic rings. The summed E-state index contributed by atoms with van der Waals surface area (Å²) in [6, 6.07) is 17.6. The Hall–Kier alpha value is -4.61. The molecule has 0 unspecified atom stereocenters. The number of nitriles is 1. The molecule has 0 bridgehead atoms. The predicted octanol–water partition coefficient (Wildman–Crippen LogP) is 5.27. The van der Waals surface area contributed by atoms with Gasteiger partial charge in [-0.15, -0.1) is 0 Å². The standard InChI is InChI=1S/C35H32IN3O7S/c1-5-43-27-13-12-24(17-28(27)44-6-2)31-25(34(41)42-4)19-38-35-39(31)33(40)30(47-35)16-23-14-26(36)32(29(15-23)45-7-3)46-20-22-10-8-21(18-37)9-11-22/h8-17,19,31H,5-7,20H2,1-4H3/b30-16+/t31-/m1/s1. The van der Waals surface area contributed by atoms with Crippen molar-refractivity contribution in [2.45, 2.75) is 33.4 Å². The Kier molecular flexibility index (Phi) is 11.0. The summed E-state index contributed by atoms with van der Waals surface area (Å²) in [5, 5.41) is 9.07. The molecule has 1 aromatic heterocycles. The van der Waals surface area contributed by atoms with Crippen LogP contribution in [0.1, 0.15) is 49.1 Å². The zero-order chi connectivity index (χ0) is 33.5. The first-order valence-corrected chi connectivity index (χ1v) is 16.8. The van der Waals surface area contributed by atoms with Crippen LogP contribution in [0.15, 0.2) is 76.2 Å². The molecule has 0 N–H and O–H groups in total. The highest BCUT2D eigenvalue weighted by Crippen LogP contribution is 2.36. The molecule has 3 aromatic carbocycles. The lowest BCUT2D eigenvalue weighted by Crippen LogP contribution is -2.39. The molecule has 12 heteroatoms. The molecule has 0 amide bonds. The lowest BCUT2D eigenvalue weighted by Gasteiger charge is -2.23. The van der Waals surface area contributed by atoms with E-state index in [1.54, 1.807) is 30.3 Å². The number of hydrogen-bond acceptors (Lipinski definition) is 10. The van der Waals surface area contributed by atoms with Crippen LogP contribution in [0.2, 0.25) is 0 Å². The highest BCUT2D eigenvalue weighted by atomic mass is 127. The van der Waals surface area contributed by atoms with Gasteiger partial charge in [0.2, 0.25) is 0 Å². The van der Waals surface area contributed by atoms with Crippen molar-refractivity contribution in [2.75, 3.05) is 26.9 Å². The first kappa shape index (κ1) is 33.7. The number of carbonyl (C=O) groups is 1. The van der Waals surface area contributed by atoms with E-state index in [1.807, 2.05) is 51.1 Å². The van der Waals surface area contributed by atoms with Crippen LogP contribution in [-0.2, 0) is 16.1 Å². The number of halogens is 1. The SMILES string of the molecule is CCOc1ccc([C@@H]2C(C(=O)OC)=CN=c3s/c(=C/c4cc(I)c(OCc5ccc(C#N)cc5)c(OCC)c4)c(=O)n32)cc1OCC. The second kappa shape index (κ2) is 15.3. The molecule has 242 valence electrons. The molecule has 1 aliphatic rings. The minimum absolute atomic E-state index is 0.218. The minimum Gasteiger partial charge on any atom is -0.490 e. The van der Waals surface area contributed by atoms with Crippen molar-refractivity contribution in [3.8, 4) is 29.1 Å². The Balaban J connectivity index is 1.56. The average molecular weight is 766 g/mol. The monoisotopic (exact) mass is 765 g/mol. The fraction of sp³-hybridized carbons (Fsp3) is 0.257. The van der Waals surface area contributed by atoms with Crippen LogP contribution in [0.25, 0.3) is 6.08 Å². The van der Waals surface area contributed by atoms with Crippen molar-refractivity contribution < 1.29 is 28.5 Å². The van der Waals surface area contributed by atoms with Gasteiger partial charge in [-0.25, -0.2) is 9.79 Å². The Morgan fingerprint density at radius 3 is 2.36 bits per heavy atom. The molecule has 0 radical (unpaired) electrons. The van der Waals surface area contributed by atoms with E-state index in [4.69, 9.17) is 28.9 Å². The van der Waals surface area contributed by atoms with Crippen LogP contribution < -0.4 is 33.8 Å². The summed E-state index contributed by atoms with van der Waals surface area (Å²) in [6.07, 6.45) is 3.24. The third-order valence-electron chi connectivity index (χ3n) is 7.10. The van der Waals surface area contributed by atoms with Crippen LogP contribution in [0.3, 0.4) is 0 Å². The van der Waals surface area contributed by atoms with Gasteiger partial charge in [0, 0.05) is 6.20 Å². The summed E-state index contributed by atoms with van der Waals surface area (Å²) in [7, 11) is 1.30. The molecule has 0 fully saturated rings. The van der Waals surface area contributed by atoms with Crippen molar-refractivity contribution in [3.05, 3.63) is 112 Å². The van der Waals surface area contributed by atoms with E-state index in [9.17, 15) is 9.59 Å². The average Bonchev–Trinajstić information content (AvgIpc) is 3.39. The zero-order valence-electron chi connectivity index (χ0n) is 26.2. The molecule has 47 heavy (non-hydrogen) atoms. The largest absolute Gasteiger partial charge is 0.490 e. The van der Waals surface area contributed by atoms with Gasteiger partial charge in [0.1, 0.15) is 6.61 Å². The summed E-state index contributed by atoms with van der Waals surface area (Å²) in [5.74, 6) is 1.61. The van der Waals surface area contributed by atoms with E-state index in [0.717, 1.165) is 14.7 Å². The molecule has 0 saturated carbocycles. The van der Waals surface area contributed by atoms with E-state index in [2.05, 4.69) is 33.7 Å². The van der Waals surface area contributed by atoms with Gasteiger partial charge in [-0.3, -0.25) is 9.36 Å². The number of fused-ring (bicyclic) bond motifs is 1. The number of ether oxygens (including phenoxy) is 5. The van der Waals surface area contributed by atoms with Crippen LogP contribution in [0.5, 0.6) is 23.0 Å². The number of thiazole rings is 1. The molecule has 0 saturated heterocycles. The van der Waals surface area contributed by atoms with Crippen molar-refractivity contribution in [2.24, 2.45) is 4.99 Å². The highest BCUT2D eigenvalue weighted by Gasteiger charge is 2.31. The number of nitrogens with zero attached hydrogens (tertiary/aromatic N) is 3. The fourth-order valence-electron chi connectivity index (χ4n) is 5.04. The molecule has 5 rings (SSSR count). The third kappa shape index (κ3) is 7.36. The molecule has 1 aliphatic heterocycles. The zero-order valence-corrected chi connectivity index (χ0v) is 29.2. The number of esters is 1. The Labute approximate surface area is 289 Å². The molecule has 0 aliphatic carbocycles. The van der Waals surface area contributed by atoms with Crippen LogP contribution in [0.4, 0.5) is 0 Å². The Morgan fingerprint density at radius 1 is 0.979 bits per heavy atom. The summed E-state index contributed by atoms with van der Waals surface area (Å²) >= 11 is 3.41. The van der Waals surface area contributed by atoms with Gasteiger partial charge in [0.25, 0.3) is 5.56 Å². The quantitative estimate of drug-likeness (QED) is 0.141. The van der Waals surface area contributed by atoms with Gasteiger partial charge >= 0.3 is 5.97 Å². The number of rotatable bonds is 12. The molecule has 10 nitrogen and oxygen atoms in total. The highest BCUT2D eigenvalue weighted by molar-refractivity contribution is 14.1. The third-order valence-corrected chi connectivity index (χ3v) is 8.90. The fourth-order valence-corrected chi connectivity index (χ4v) is 6.79. The van der Waals surface area contributed by atoms with Gasteiger partial charge in [-0.1, -0.05) is 29.5 Å². The van der Waals surface area contributed by atoms with E-state index in [0.29, 0.717) is 69.9 Å². The summed E-state index contributed by atoms with van der Waals surface area (Å²) < 4.78 is 31.5. The molecular weight excluding hydrogens is 733 g/mol. The first-order valence-electron chi connectivity index (χ1n) is 14.9. The lowest BCUT2D eigenvalue weighted by atomic mass is 9.97. The number of carbonyl (C=O) groups excluding carboxylic acids is 1. The summed E-state index contributed by atoms with van der Waals surface area (Å²) in [5.41, 5.74) is 2.78. The second-order valence-electron chi connectivity index (χ2n) is 10.1. The number of aromatic nitrogens is 1. The maximum atomic E-state index is 14.1. The van der Waals surface area contributed by atoms with Crippen molar-refractivity contribution in [3.63, 3.8) is 0 Å². The topological polar surface area (TPSA) is 121 Å². The van der Waals surface area contributed by atoms with Crippen molar-refractivity contribution >= 4 is 46.0 Å². The summed E-state index contributed by atoms with van der Waals surface area (Å²) in [4.78, 5) is 31.9. The molecule has 2 heterocycles. The minimum atomic E-state index is -0.798. The second-order valence-corrected chi connectivity index (χ2v) is 12.3. The van der Waals surface area contributed by atoms with Gasteiger partial charge in [-0.2, -0.15) is 5.26 Å². The smallest absolute Gasteiger partial charge is 0.337 e. The van der Waals surface area contributed by atoms with Gasteiger partial charge in [-0.05, 0) is 103 Å². The van der Waals surface area contributed by atoms with Crippen molar-refractivity contribution in [1.82, 2.24) is 4.57 Å². The van der Waals surface area contributed by atoms with E-state index >= 15 is 0 Å². The maximum absolute atomic E-state index is 14.1. The molecule has 0 spiro atoms. The van der Waals surface area contributed by atoms with Crippen molar-refractivity contribution in [1.29, 1.82) is 5.26 Å². The van der Waals surface area contributed by atoms with Gasteiger partial charge in [0.05, 0.1) is 58.3 Å². The number of hydrogen-bond donors (Lipinski definition) is 0. The van der Waals surface area contributed by atoms with E-state index < -0.39 is 12.0 Å². The molecule has 1 atom stereocenters. The lowest BCUT2D eigenvalue weighted by molar-refractivity contribution is -0.136. The van der Waals surface area contributed by atoms with Crippen LogP contribution in [0, 0.1) is 14.9 Å². The molecular formula is C35H32IN3O7S. The van der Waals surface area contributed by atoms with Gasteiger partial charge in [0.15, 0.2) is 27.8 Å². The van der Waals surface area contributed by atoms with Crippen LogP contribution >= 0.6 is 33.9 Å². The first-order chi connectivity index (χ1) is 22.8. The number of benzene rings is 3.